The monoisotopic (exact) mass is 252 g/mol. The normalized spacial score (nSPS) is 15.9. The third-order valence-corrected chi connectivity index (χ3v) is 2.68. The van der Waals surface area contributed by atoms with Gasteiger partial charge in [-0.3, -0.25) is 0 Å². The van der Waals surface area contributed by atoms with Gasteiger partial charge in [0.15, 0.2) is 0 Å². The largest absolute Gasteiger partial charge is 0.389 e. The number of hydrogen-bond donors (Lipinski definition) is 1. The van der Waals surface area contributed by atoms with Gasteiger partial charge in [0, 0.05) is 17.0 Å². The Morgan fingerprint density at radius 2 is 1.75 bits per heavy atom. The van der Waals surface area contributed by atoms with Crippen molar-refractivity contribution in [3.63, 3.8) is 0 Å². The predicted molar refractivity (Wildman–Crippen MR) is 56.3 cm³/mol. The molecule has 90 valence electrons. The molecule has 0 aliphatic rings. The Balaban J connectivity index is 2.82. The highest BCUT2D eigenvalue weighted by Gasteiger charge is 2.33. The standard InChI is InChI=1S/C11H12ClF3O/c1-10(16,6-7-11(13,14)15)8-4-2-3-5-9(8)12/h2-5,16H,6-7H2,1H3. The number of halogens is 4. The highest BCUT2D eigenvalue weighted by Crippen LogP contribution is 2.34. The molecule has 1 aromatic carbocycles. The molecule has 0 saturated heterocycles. The van der Waals surface area contributed by atoms with Crippen LogP contribution in [0.1, 0.15) is 25.3 Å². The number of hydrogen-bond acceptors (Lipinski definition) is 1. The second-order valence-corrected chi connectivity index (χ2v) is 4.28. The van der Waals surface area contributed by atoms with E-state index in [1.165, 1.54) is 13.0 Å². The predicted octanol–water partition coefficient (Wildman–Crippen LogP) is 3.89. The minimum Gasteiger partial charge on any atom is -0.385 e. The Bertz CT molecular complexity index is 360. The van der Waals surface area contributed by atoms with E-state index in [0.717, 1.165) is 0 Å². The zero-order valence-electron chi connectivity index (χ0n) is 8.68. The molecule has 1 unspecified atom stereocenters. The molecule has 0 heterocycles. The molecule has 0 aliphatic carbocycles. The summed E-state index contributed by atoms with van der Waals surface area (Å²) in [6, 6.07) is 6.35. The molecule has 1 atom stereocenters. The maximum Gasteiger partial charge on any atom is 0.389 e. The minimum absolute atomic E-state index is 0.273. The van der Waals surface area contributed by atoms with E-state index in [1.807, 2.05) is 0 Å². The number of alkyl halides is 3. The third kappa shape index (κ3) is 3.68. The lowest BCUT2D eigenvalue weighted by atomic mass is 9.91. The second-order valence-electron chi connectivity index (χ2n) is 3.87. The maximum atomic E-state index is 12.1. The number of benzene rings is 1. The zero-order chi connectivity index (χ0) is 12.4. The third-order valence-electron chi connectivity index (χ3n) is 2.35. The van der Waals surface area contributed by atoms with Gasteiger partial charge in [0.25, 0.3) is 0 Å². The quantitative estimate of drug-likeness (QED) is 0.865. The molecule has 5 heteroatoms. The van der Waals surface area contributed by atoms with Crippen LogP contribution < -0.4 is 0 Å². The molecule has 0 spiro atoms. The molecule has 0 aromatic heterocycles. The summed E-state index contributed by atoms with van der Waals surface area (Å²) < 4.78 is 36.2. The fourth-order valence-corrected chi connectivity index (χ4v) is 1.76. The zero-order valence-corrected chi connectivity index (χ0v) is 9.44. The summed E-state index contributed by atoms with van der Waals surface area (Å²) in [5.41, 5.74) is -1.24. The Morgan fingerprint density at radius 1 is 1.19 bits per heavy atom. The van der Waals surface area contributed by atoms with E-state index in [-0.39, 0.29) is 5.02 Å². The fraction of sp³-hybridized carbons (Fsp3) is 0.455. The van der Waals surface area contributed by atoms with Gasteiger partial charge in [-0.15, -0.1) is 0 Å². The van der Waals surface area contributed by atoms with Crippen LogP contribution in [0.15, 0.2) is 24.3 Å². The maximum absolute atomic E-state index is 12.1. The van der Waals surface area contributed by atoms with Gasteiger partial charge in [0.1, 0.15) is 0 Å². The van der Waals surface area contributed by atoms with Gasteiger partial charge in [-0.05, 0) is 19.4 Å². The molecule has 0 bridgehead atoms. The molecule has 1 nitrogen and oxygen atoms in total. The van der Waals surface area contributed by atoms with E-state index in [0.29, 0.717) is 5.56 Å². The van der Waals surface area contributed by atoms with Gasteiger partial charge < -0.3 is 5.11 Å². The smallest absolute Gasteiger partial charge is 0.385 e. The first-order valence-electron chi connectivity index (χ1n) is 4.76. The van der Waals surface area contributed by atoms with E-state index in [4.69, 9.17) is 11.6 Å². The topological polar surface area (TPSA) is 20.2 Å². The lowest BCUT2D eigenvalue weighted by molar-refractivity contribution is -0.146. The van der Waals surface area contributed by atoms with Crippen LogP contribution in [0.25, 0.3) is 0 Å². The lowest BCUT2D eigenvalue weighted by Gasteiger charge is -2.25. The van der Waals surface area contributed by atoms with Crippen molar-refractivity contribution in [2.75, 3.05) is 0 Å². The van der Waals surface area contributed by atoms with Crippen molar-refractivity contribution in [3.05, 3.63) is 34.9 Å². The van der Waals surface area contributed by atoms with E-state index in [1.54, 1.807) is 18.2 Å². The Kier molecular flexibility index (Phi) is 3.86. The van der Waals surface area contributed by atoms with Crippen molar-refractivity contribution in [2.24, 2.45) is 0 Å². The van der Waals surface area contributed by atoms with Crippen molar-refractivity contribution in [2.45, 2.75) is 31.5 Å². The first-order chi connectivity index (χ1) is 7.22. The molecule has 0 radical (unpaired) electrons. The van der Waals surface area contributed by atoms with Crippen molar-refractivity contribution in [1.82, 2.24) is 0 Å². The Hall–Kier alpha value is -0.740. The molecule has 16 heavy (non-hydrogen) atoms. The molecule has 0 amide bonds. The van der Waals surface area contributed by atoms with Crippen LogP contribution in [-0.2, 0) is 5.60 Å². The highest BCUT2D eigenvalue weighted by molar-refractivity contribution is 6.31. The lowest BCUT2D eigenvalue weighted by Crippen LogP contribution is -2.24. The fourth-order valence-electron chi connectivity index (χ4n) is 1.42. The van der Waals surface area contributed by atoms with Crippen LogP contribution >= 0.6 is 11.6 Å². The molecular formula is C11H12ClF3O. The van der Waals surface area contributed by atoms with Crippen molar-refractivity contribution in [3.8, 4) is 0 Å². The number of aliphatic hydroxyl groups is 1. The molecule has 0 saturated carbocycles. The van der Waals surface area contributed by atoms with Gasteiger partial charge >= 0.3 is 6.18 Å². The molecule has 0 aliphatic heterocycles. The van der Waals surface area contributed by atoms with Gasteiger partial charge in [0.2, 0.25) is 0 Å². The number of rotatable bonds is 3. The Labute approximate surface area is 96.9 Å². The molecular weight excluding hydrogens is 241 g/mol. The van der Waals surface area contributed by atoms with Gasteiger partial charge in [-0.1, -0.05) is 29.8 Å². The van der Waals surface area contributed by atoms with Crippen LogP contribution in [0.2, 0.25) is 5.02 Å². The highest BCUT2D eigenvalue weighted by atomic mass is 35.5. The Morgan fingerprint density at radius 3 is 2.25 bits per heavy atom. The molecule has 1 aromatic rings. The first-order valence-corrected chi connectivity index (χ1v) is 5.14. The summed E-state index contributed by atoms with van der Waals surface area (Å²) in [5.74, 6) is 0. The van der Waals surface area contributed by atoms with Crippen molar-refractivity contribution in [1.29, 1.82) is 0 Å². The average molecular weight is 253 g/mol. The van der Waals surface area contributed by atoms with E-state index in [2.05, 4.69) is 0 Å². The van der Waals surface area contributed by atoms with E-state index in [9.17, 15) is 18.3 Å². The van der Waals surface area contributed by atoms with Crippen LogP contribution in [0.4, 0.5) is 13.2 Å². The summed E-state index contributed by atoms with van der Waals surface area (Å²) in [6.45, 7) is 1.33. The minimum atomic E-state index is -4.27. The first kappa shape index (κ1) is 13.3. The SMILES string of the molecule is CC(O)(CCC(F)(F)F)c1ccccc1Cl. The van der Waals surface area contributed by atoms with E-state index >= 15 is 0 Å². The van der Waals surface area contributed by atoms with Crippen LogP contribution in [-0.4, -0.2) is 11.3 Å². The van der Waals surface area contributed by atoms with Crippen LogP contribution in [0.3, 0.4) is 0 Å². The summed E-state index contributed by atoms with van der Waals surface area (Å²) in [4.78, 5) is 0. The summed E-state index contributed by atoms with van der Waals surface area (Å²) >= 11 is 5.82. The molecule has 0 fully saturated rings. The average Bonchev–Trinajstić information content (AvgIpc) is 2.14. The summed E-state index contributed by atoms with van der Waals surface area (Å²) in [7, 11) is 0. The van der Waals surface area contributed by atoms with Crippen molar-refractivity contribution >= 4 is 11.6 Å². The second kappa shape index (κ2) is 4.63. The molecule has 1 N–H and O–H groups in total. The van der Waals surface area contributed by atoms with Gasteiger partial charge in [-0.2, -0.15) is 13.2 Å². The summed E-state index contributed by atoms with van der Waals surface area (Å²) in [5, 5.41) is 10.2. The van der Waals surface area contributed by atoms with E-state index < -0.39 is 24.6 Å². The summed E-state index contributed by atoms with van der Waals surface area (Å²) in [6.07, 6.45) is -5.71. The molecule has 1 rings (SSSR count). The van der Waals surface area contributed by atoms with Gasteiger partial charge in [0.05, 0.1) is 5.60 Å². The van der Waals surface area contributed by atoms with Gasteiger partial charge in [-0.25, -0.2) is 0 Å². The van der Waals surface area contributed by atoms with Crippen molar-refractivity contribution < 1.29 is 18.3 Å². The van der Waals surface area contributed by atoms with Crippen LogP contribution in [0.5, 0.6) is 0 Å². The van der Waals surface area contributed by atoms with Crippen LogP contribution in [0, 0.1) is 0 Å².